The summed E-state index contributed by atoms with van der Waals surface area (Å²) >= 11 is 1.56. The van der Waals surface area contributed by atoms with Crippen LogP contribution in [0.4, 0.5) is 8.78 Å². The number of carbonyl (C=O) groups excluding carboxylic acids is 1. The standard InChI is InChI=1S/C19H17F2N3OS/c1-10-24-17-16(12-2-3-12)13(9-23-19(17)26-10)6-15(25)5-11-4-14(18(20)21)8-22-7-11/h4,7-9,12,18H,2-3,5-6H2,1H3. The number of fused-ring (bicyclic) bond motifs is 1. The van der Waals surface area contributed by atoms with Crippen molar-refractivity contribution < 1.29 is 13.6 Å². The van der Waals surface area contributed by atoms with Crippen LogP contribution in [0.3, 0.4) is 0 Å². The maximum atomic E-state index is 12.8. The topological polar surface area (TPSA) is 55.7 Å². The first-order valence-electron chi connectivity index (χ1n) is 8.50. The van der Waals surface area contributed by atoms with Crippen molar-refractivity contribution in [1.29, 1.82) is 0 Å². The van der Waals surface area contributed by atoms with Gasteiger partial charge in [0.2, 0.25) is 0 Å². The van der Waals surface area contributed by atoms with Crippen molar-refractivity contribution in [1.82, 2.24) is 15.0 Å². The van der Waals surface area contributed by atoms with Gasteiger partial charge < -0.3 is 0 Å². The number of ketones is 1. The molecule has 3 heterocycles. The van der Waals surface area contributed by atoms with Crippen molar-refractivity contribution in [2.45, 2.75) is 45.0 Å². The Labute approximate surface area is 153 Å². The largest absolute Gasteiger partial charge is 0.299 e. The minimum atomic E-state index is -2.58. The van der Waals surface area contributed by atoms with Gasteiger partial charge in [-0.05, 0) is 48.4 Å². The fraction of sp³-hybridized carbons (Fsp3) is 0.368. The Morgan fingerprint density at radius 2 is 2.08 bits per heavy atom. The second kappa shape index (κ2) is 6.79. The number of halogens is 2. The molecule has 0 radical (unpaired) electrons. The summed E-state index contributed by atoms with van der Waals surface area (Å²) in [5, 5.41) is 0.966. The second-order valence-electron chi connectivity index (χ2n) is 6.68. The molecule has 134 valence electrons. The first-order chi connectivity index (χ1) is 12.5. The molecule has 4 rings (SSSR count). The van der Waals surface area contributed by atoms with Crippen molar-refractivity contribution in [3.8, 4) is 0 Å². The highest BCUT2D eigenvalue weighted by Crippen LogP contribution is 2.45. The van der Waals surface area contributed by atoms with Gasteiger partial charge in [-0.1, -0.05) is 11.3 Å². The lowest BCUT2D eigenvalue weighted by molar-refractivity contribution is -0.117. The highest BCUT2D eigenvalue weighted by atomic mass is 32.1. The fourth-order valence-electron chi connectivity index (χ4n) is 3.23. The lowest BCUT2D eigenvalue weighted by Gasteiger charge is -2.09. The van der Waals surface area contributed by atoms with Gasteiger partial charge in [0.1, 0.15) is 16.1 Å². The maximum absolute atomic E-state index is 12.8. The quantitative estimate of drug-likeness (QED) is 0.635. The number of aromatic nitrogens is 3. The summed E-state index contributed by atoms with van der Waals surface area (Å²) < 4.78 is 25.6. The highest BCUT2D eigenvalue weighted by Gasteiger charge is 2.30. The zero-order valence-corrected chi connectivity index (χ0v) is 15.0. The minimum Gasteiger partial charge on any atom is -0.299 e. The fourth-order valence-corrected chi connectivity index (χ4v) is 4.01. The van der Waals surface area contributed by atoms with Crippen LogP contribution in [0, 0.1) is 6.92 Å². The van der Waals surface area contributed by atoms with E-state index in [1.165, 1.54) is 12.3 Å². The van der Waals surface area contributed by atoms with Crippen LogP contribution in [0.2, 0.25) is 0 Å². The molecule has 0 spiro atoms. The van der Waals surface area contributed by atoms with E-state index in [2.05, 4.69) is 15.0 Å². The average molecular weight is 373 g/mol. The van der Waals surface area contributed by atoms with Crippen molar-refractivity contribution in [2.75, 3.05) is 0 Å². The third kappa shape index (κ3) is 3.49. The van der Waals surface area contributed by atoms with Crippen molar-refractivity contribution in [3.63, 3.8) is 0 Å². The molecule has 1 aliphatic carbocycles. The Kier molecular flexibility index (Phi) is 4.48. The molecule has 0 saturated heterocycles. The number of nitrogens with zero attached hydrogens (tertiary/aromatic N) is 3. The summed E-state index contributed by atoms with van der Waals surface area (Å²) in [6, 6.07) is 1.35. The third-order valence-electron chi connectivity index (χ3n) is 4.50. The molecule has 0 N–H and O–H groups in total. The Balaban J connectivity index is 1.58. The number of alkyl halides is 2. The van der Waals surface area contributed by atoms with Gasteiger partial charge in [-0.15, -0.1) is 0 Å². The number of hydrogen-bond donors (Lipinski definition) is 0. The molecule has 4 nitrogen and oxygen atoms in total. The van der Waals surface area contributed by atoms with Crippen molar-refractivity contribution in [3.05, 3.63) is 51.9 Å². The molecule has 0 atom stereocenters. The lowest BCUT2D eigenvalue weighted by Crippen LogP contribution is -2.09. The van der Waals surface area contributed by atoms with Crippen LogP contribution in [-0.4, -0.2) is 20.7 Å². The number of Topliss-reactive ketones (excluding diaryl/α,β-unsaturated/α-hetero) is 1. The molecule has 26 heavy (non-hydrogen) atoms. The third-order valence-corrected chi connectivity index (χ3v) is 5.38. The van der Waals surface area contributed by atoms with Gasteiger partial charge in [0.15, 0.2) is 0 Å². The van der Waals surface area contributed by atoms with Gasteiger partial charge in [-0.3, -0.25) is 9.78 Å². The van der Waals surface area contributed by atoms with E-state index >= 15 is 0 Å². The first-order valence-corrected chi connectivity index (χ1v) is 9.31. The molecule has 1 fully saturated rings. The first kappa shape index (κ1) is 17.1. The molecule has 3 aromatic rings. The summed E-state index contributed by atoms with van der Waals surface area (Å²) in [7, 11) is 0. The normalized spacial score (nSPS) is 14.3. The monoisotopic (exact) mass is 373 g/mol. The molecule has 3 aromatic heterocycles. The van der Waals surface area contributed by atoms with Crippen LogP contribution < -0.4 is 0 Å². The van der Waals surface area contributed by atoms with E-state index in [-0.39, 0.29) is 24.2 Å². The predicted octanol–water partition coefficient (Wildman–Crippen LogP) is 4.56. The summed E-state index contributed by atoms with van der Waals surface area (Å²) in [5.74, 6) is 0.418. The van der Waals surface area contributed by atoms with Gasteiger partial charge in [0.25, 0.3) is 6.43 Å². The van der Waals surface area contributed by atoms with Crippen LogP contribution in [0.5, 0.6) is 0 Å². The van der Waals surface area contributed by atoms with Crippen LogP contribution in [-0.2, 0) is 17.6 Å². The number of pyridine rings is 2. The van der Waals surface area contributed by atoms with Crippen LogP contribution in [0.1, 0.15) is 52.4 Å². The molecule has 0 bridgehead atoms. The van der Waals surface area contributed by atoms with E-state index in [0.29, 0.717) is 11.5 Å². The smallest absolute Gasteiger partial charge is 0.265 e. The molecule has 1 saturated carbocycles. The zero-order valence-electron chi connectivity index (χ0n) is 14.2. The van der Waals surface area contributed by atoms with Gasteiger partial charge in [-0.25, -0.2) is 18.7 Å². The van der Waals surface area contributed by atoms with Gasteiger partial charge in [0.05, 0.1) is 5.01 Å². The zero-order chi connectivity index (χ0) is 18.3. The number of carbonyl (C=O) groups is 1. The molecular weight excluding hydrogens is 356 g/mol. The Morgan fingerprint density at radius 1 is 1.27 bits per heavy atom. The predicted molar refractivity (Wildman–Crippen MR) is 95.7 cm³/mol. The van der Waals surface area contributed by atoms with E-state index in [0.717, 1.165) is 45.5 Å². The molecule has 1 aliphatic rings. The van der Waals surface area contributed by atoms with E-state index in [9.17, 15) is 13.6 Å². The molecule has 0 amide bonds. The van der Waals surface area contributed by atoms with Gasteiger partial charge in [0, 0.05) is 37.0 Å². The molecule has 7 heteroatoms. The van der Waals surface area contributed by atoms with Crippen LogP contribution in [0.15, 0.2) is 24.7 Å². The van der Waals surface area contributed by atoms with Gasteiger partial charge >= 0.3 is 0 Å². The Hall–Kier alpha value is -2.28. The number of hydrogen-bond acceptors (Lipinski definition) is 5. The second-order valence-corrected chi connectivity index (χ2v) is 7.86. The number of aryl methyl sites for hydroxylation is 1. The van der Waals surface area contributed by atoms with Gasteiger partial charge in [-0.2, -0.15) is 0 Å². The molecule has 0 aliphatic heterocycles. The van der Waals surface area contributed by atoms with Crippen molar-refractivity contribution in [2.24, 2.45) is 0 Å². The Bertz CT molecular complexity index is 982. The van der Waals surface area contributed by atoms with Crippen LogP contribution in [0.25, 0.3) is 10.3 Å². The molecular formula is C19H17F2N3OS. The summed E-state index contributed by atoms with van der Waals surface area (Å²) in [6.45, 7) is 1.96. The molecule has 0 aromatic carbocycles. The number of thiazole rings is 1. The SMILES string of the molecule is Cc1nc2c(C3CC3)c(CC(=O)Cc3cncc(C(F)F)c3)cnc2s1. The lowest BCUT2D eigenvalue weighted by atomic mass is 9.97. The maximum Gasteiger partial charge on any atom is 0.265 e. The van der Waals surface area contributed by atoms with E-state index in [1.807, 2.05) is 6.92 Å². The highest BCUT2D eigenvalue weighted by molar-refractivity contribution is 7.18. The summed E-state index contributed by atoms with van der Waals surface area (Å²) in [4.78, 5) is 26.3. The Morgan fingerprint density at radius 3 is 2.81 bits per heavy atom. The minimum absolute atomic E-state index is 0.0341. The van der Waals surface area contributed by atoms with Crippen LogP contribution >= 0.6 is 11.3 Å². The number of rotatable bonds is 6. The van der Waals surface area contributed by atoms with E-state index in [1.54, 1.807) is 17.5 Å². The van der Waals surface area contributed by atoms with E-state index < -0.39 is 6.43 Å². The molecule has 0 unspecified atom stereocenters. The van der Waals surface area contributed by atoms with E-state index in [4.69, 9.17) is 0 Å². The van der Waals surface area contributed by atoms with Crippen molar-refractivity contribution >= 4 is 27.5 Å². The summed E-state index contributed by atoms with van der Waals surface area (Å²) in [5.41, 5.74) is 3.33. The average Bonchev–Trinajstić information content (AvgIpc) is 3.35. The summed E-state index contributed by atoms with van der Waals surface area (Å²) in [6.07, 6.45) is 4.34.